The van der Waals surface area contributed by atoms with Crippen molar-refractivity contribution in [2.24, 2.45) is 28.7 Å². The van der Waals surface area contributed by atoms with Crippen molar-refractivity contribution in [3.05, 3.63) is 12.2 Å². The molecule has 4 atom stereocenters. The van der Waals surface area contributed by atoms with Crippen molar-refractivity contribution in [2.45, 2.75) is 6.42 Å². The largest absolute Gasteiger partial charge is 0.354 e. The zero-order valence-corrected chi connectivity index (χ0v) is 12.2. The predicted molar refractivity (Wildman–Crippen MR) is 77.4 cm³/mol. The van der Waals surface area contributed by atoms with Gasteiger partial charge in [0.2, 0.25) is 11.8 Å². The van der Waals surface area contributed by atoms with Gasteiger partial charge in [0, 0.05) is 26.7 Å². The van der Waals surface area contributed by atoms with Gasteiger partial charge in [0.25, 0.3) is 0 Å². The maximum Gasteiger partial charge on any atom is 0.233 e. The number of nitrogens with zero attached hydrogens (tertiary/aromatic N) is 3. The number of carbonyl (C=O) groups excluding carboxylic acids is 2. The molecule has 2 aliphatic carbocycles. The third kappa shape index (κ3) is 1.81. The first-order chi connectivity index (χ1) is 10.2. The monoisotopic (exact) mass is 288 g/mol. The number of carbonyl (C=O) groups is 2. The van der Waals surface area contributed by atoms with E-state index in [9.17, 15) is 9.59 Å². The highest BCUT2D eigenvalue weighted by Gasteiger charge is 2.58. The van der Waals surface area contributed by atoms with Crippen LogP contribution in [0.2, 0.25) is 0 Å². The molecule has 2 aliphatic heterocycles. The van der Waals surface area contributed by atoms with E-state index in [0.717, 1.165) is 25.5 Å². The Balaban J connectivity index is 1.39. The highest BCUT2D eigenvalue weighted by Crippen LogP contribution is 2.52. The summed E-state index contributed by atoms with van der Waals surface area (Å²) in [4.78, 5) is 32.8. The van der Waals surface area contributed by atoms with Gasteiger partial charge in [-0.05, 0) is 18.3 Å². The van der Waals surface area contributed by atoms with Gasteiger partial charge in [-0.1, -0.05) is 12.2 Å². The van der Waals surface area contributed by atoms with E-state index < -0.39 is 0 Å². The number of fused-ring (bicyclic) bond motifs is 5. The van der Waals surface area contributed by atoms with Gasteiger partial charge >= 0.3 is 0 Å². The molecular weight excluding hydrogens is 268 g/mol. The molecule has 6 nitrogen and oxygen atoms in total. The van der Waals surface area contributed by atoms with Gasteiger partial charge in [0.05, 0.1) is 18.4 Å². The van der Waals surface area contributed by atoms with Crippen LogP contribution in [0.3, 0.4) is 0 Å². The van der Waals surface area contributed by atoms with Crippen LogP contribution in [-0.2, 0) is 9.59 Å². The number of likely N-dealkylation sites (N-methyl/N-ethyl adjacent to an activating group) is 1. The van der Waals surface area contributed by atoms with Crippen LogP contribution in [0.15, 0.2) is 17.1 Å². The number of hydrogen-bond acceptors (Lipinski definition) is 5. The van der Waals surface area contributed by atoms with Crippen LogP contribution < -0.4 is 5.32 Å². The third-order valence-corrected chi connectivity index (χ3v) is 5.24. The minimum absolute atomic E-state index is 0.0327. The molecule has 4 rings (SSSR count). The van der Waals surface area contributed by atoms with Crippen molar-refractivity contribution in [3.8, 4) is 0 Å². The molecule has 4 aliphatic rings. The van der Waals surface area contributed by atoms with E-state index in [-0.39, 0.29) is 23.7 Å². The smallest absolute Gasteiger partial charge is 0.233 e. The highest BCUT2D eigenvalue weighted by atomic mass is 16.2. The fourth-order valence-electron chi connectivity index (χ4n) is 4.19. The minimum Gasteiger partial charge on any atom is -0.354 e. The Kier molecular flexibility index (Phi) is 2.80. The lowest BCUT2D eigenvalue weighted by molar-refractivity contribution is -0.140. The Labute approximate surface area is 123 Å². The maximum absolute atomic E-state index is 12.5. The average molecular weight is 288 g/mol. The number of rotatable bonds is 3. The van der Waals surface area contributed by atoms with E-state index in [0.29, 0.717) is 24.9 Å². The standard InChI is InChI=1S/C15H20N4O2/c1-18-6-4-16-15(18)17-5-7-19-13(20)11-9-2-3-10(8-9)12(11)14(19)21/h2-3,9-12H,4-8H2,1H3,(H,16,17). The van der Waals surface area contributed by atoms with Crippen LogP contribution in [0.25, 0.3) is 0 Å². The number of nitrogens with one attached hydrogen (secondary N) is 1. The molecule has 0 radical (unpaired) electrons. The number of allylic oxidation sites excluding steroid dienone is 2. The molecule has 0 aromatic carbocycles. The van der Waals surface area contributed by atoms with E-state index in [1.807, 2.05) is 11.9 Å². The van der Waals surface area contributed by atoms with Crippen LogP contribution in [0, 0.1) is 23.7 Å². The topological polar surface area (TPSA) is 65.0 Å². The normalized spacial score (nSPS) is 36.7. The van der Waals surface area contributed by atoms with Crippen molar-refractivity contribution >= 4 is 17.8 Å². The molecule has 21 heavy (non-hydrogen) atoms. The van der Waals surface area contributed by atoms with E-state index in [1.165, 1.54) is 4.90 Å². The Morgan fingerprint density at radius 1 is 1.24 bits per heavy atom. The summed E-state index contributed by atoms with van der Waals surface area (Å²) in [6.07, 6.45) is 5.24. The number of aliphatic imine (C=N–C) groups is 1. The lowest BCUT2D eigenvalue weighted by Gasteiger charge is -2.19. The van der Waals surface area contributed by atoms with E-state index in [4.69, 9.17) is 0 Å². The quantitative estimate of drug-likeness (QED) is 0.571. The first-order valence-electron chi connectivity index (χ1n) is 7.70. The van der Waals surface area contributed by atoms with Crippen molar-refractivity contribution in [2.75, 3.05) is 33.2 Å². The fraction of sp³-hybridized carbons (Fsp3) is 0.667. The summed E-state index contributed by atoms with van der Waals surface area (Å²) in [5, 5.41) is 3.22. The molecule has 0 aromatic heterocycles. The summed E-state index contributed by atoms with van der Waals surface area (Å²) < 4.78 is 0. The molecule has 1 saturated carbocycles. The summed E-state index contributed by atoms with van der Waals surface area (Å²) in [7, 11) is 1.98. The summed E-state index contributed by atoms with van der Waals surface area (Å²) in [6.45, 7) is 2.74. The molecule has 2 amide bonds. The second-order valence-electron chi connectivity index (χ2n) is 6.38. The Morgan fingerprint density at radius 2 is 1.90 bits per heavy atom. The number of amides is 2. The Hall–Kier alpha value is -1.85. The number of likely N-dealkylation sites (tertiary alicyclic amines) is 1. The number of guanidine groups is 1. The molecule has 6 heteroatoms. The summed E-state index contributed by atoms with van der Waals surface area (Å²) in [5.41, 5.74) is 0. The second kappa shape index (κ2) is 4.58. The van der Waals surface area contributed by atoms with Gasteiger partial charge in [-0.15, -0.1) is 0 Å². The van der Waals surface area contributed by atoms with Crippen molar-refractivity contribution in [3.63, 3.8) is 0 Å². The lowest BCUT2D eigenvalue weighted by Crippen LogP contribution is -2.42. The van der Waals surface area contributed by atoms with Gasteiger partial charge in [0.15, 0.2) is 5.96 Å². The number of imide groups is 1. The molecule has 4 unspecified atom stereocenters. The van der Waals surface area contributed by atoms with E-state index in [2.05, 4.69) is 22.5 Å². The van der Waals surface area contributed by atoms with Crippen LogP contribution in [-0.4, -0.2) is 60.8 Å². The van der Waals surface area contributed by atoms with Crippen molar-refractivity contribution in [1.29, 1.82) is 0 Å². The Bertz CT molecular complexity index is 526. The summed E-state index contributed by atoms with van der Waals surface area (Å²) >= 11 is 0. The summed E-state index contributed by atoms with van der Waals surface area (Å²) in [6, 6.07) is 0. The van der Waals surface area contributed by atoms with Gasteiger partial charge in [-0.2, -0.15) is 0 Å². The molecule has 1 saturated heterocycles. The fourth-order valence-corrected chi connectivity index (χ4v) is 4.19. The average Bonchev–Trinajstić information content (AvgIpc) is 3.20. The second-order valence-corrected chi connectivity index (χ2v) is 6.38. The Morgan fingerprint density at radius 3 is 2.48 bits per heavy atom. The molecule has 112 valence electrons. The number of hydrogen-bond donors (Lipinski definition) is 1. The molecular formula is C15H20N4O2. The van der Waals surface area contributed by atoms with E-state index in [1.54, 1.807) is 0 Å². The minimum atomic E-state index is -0.0843. The van der Waals surface area contributed by atoms with Gasteiger partial charge in [-0.3, -0.25) is 19.5 Å². The van der Waals surface area contributed by atoms with Crippen LogP contribution in [0.5, 0.6) is 0 Å². The van der Waals surface area contributed by atoms with Crippen molar-refractivity contribution < 1.29 is 9.59 Å². The molecule has 1 N–H and O–H groups in total. The van der Waals surface area contributed by atoms with Crippen molar-refractivity contribution in [1.82, 2.24) is 15.1 Å². The van der Waals surface area contributed by atoms with Crippen LogP contribution >= 0.6 is 0 Å². The van der Waals surface area contributed by atoms with Gasteiger partial charge < -0.3 is 10.2 Å². The molecule has 2 fully saturated rings. The first kappa shape index (κ1) is 12.9. The summed E-state index contributed by atoms with van der Waals surface area (Å²) in [5.74, 6) is 1.34. The van der Waals surface area contributed by atoms with Gasteiger partial charge in [0.1, 0.15) is 0 Å². The van der Waals surface area contributed by atoms with E-state index >= 15 is 0 Å². The molecule has 0 spiro atoms. The highest BCUT2D eigenvalue weighted by molar-refractivity contribution is 6.06. The zero-order chi connectivity index (χ0) is 14.6. The predicted octanol–water partition coefficient (Wildman–Crippen LogP) is -0.315. The molecule has 2 bridgehead atoms. The lowest BCUT2D eigenvalue weighted by atomic mass is 9.85. The molecule has 2 heterocycles. The molecule has 0 aromatic rings. The van der Waals surface area contributed by atoms with Crippen LogP contribution in [0.4, 0.5) is 0 Å². The van der Waals surface area contributed by atoms with Crippen LogP contribution in [0.1, 0.15) is 6.42 Å². The third-order valence-electron chi connectivity index (χ3n) is 5.24. The zero-order valence-electron chi connectivity index (χ0n) is 12.2. The first-order valence-corrected chi connectivity index (χ1v) is 7.70. The SMILES string of the molecule is CN1CCN=C1NCCN1C(=O)C2C3C=CC(C3)C2C1=O. The maximum atomic E-state index is 12.5. The van der Waals surface area contributed by atoms with Gasteiger partial charge in [-0.25, -0.2) is 0 Å².